The van der Waals surface area contributed by atoms with E-state index < -0.39 is 0 Å². The van der Waals surface area contributed by atoms with Gasteiger partial charge in [0.2, 0.25) is 5.91 Å². The number of rotatable bonds is 3. The third kappa shape index (κ3) is 2.86. The minimum absolute atomic E-state index is 0.188. The maximum Gasteiger partial charge on any atom is 0.234 e. The third-order valence-electron chi connectivity index (χ3n) is 6.55. The summed E-state index contributed by atoms with van der Waals surface area (Å²) in [7, 11) is 0. The summed E-state index contributed by atoms with van der Waals surface area (Å²) in [4.78, 5) is 14.9. The molecule has 5 fully saturated rings. The van der Waals surface area contributed by atoms with Crippen LogP contribution in [0.4, 0.5) is 0 Å². The number of likely N-dealkylation sites (tertiary alicyclic amines) is 1. The number of carbonyl (C=O) groups is 1. The predicted octanol–water partition coefficient (Wildman–Crippen LogP) is 2.80. The van der Waals surface area contributed by atoms with Gasteiger partial charge < -0.3 is 5.32 Å². The minimum Gasteiger partial charge on any atom is -0.350 e. The summed E-state index contributed by atoms with van der Waals surface area (Å²) in [6.07, 6.45) is 10.7. The molecule has 0 aromatic rings. The van der Waals surface area contributed by atoms with E-state index in [1.54, 1.807) is 0 Å². The molecule has 5 rings (SSSR count). The molecule has 3 heteroatoms. The average molecular weight is 290 g/mol. The summed E-state index contributed by atoms with van der Waals surface area (Å²) < 4.78 is 0. The Bertz CT molecular complexity index is 384. The van der Waals surface area contributed by atoms with Crippen LogP contribution in [-0.4, -0.2) is 36.0 Å². The lowest BCUT2D eigenvalue weighted by Gasteiger charge is -2.57. The molecule has 0 spiro atoms. The molecule has 21 heavy (non-hydrogen) atoms. The van der Waals surface area contributed by atoms with Crippen LogP contribution in [0.15, 0.2) is 0 Å². The number of hydrogen-bond donors (Lipinski definition) is 1. The van der Waals surface area contributed by atoms with Gasteiger partial charge in [-0.05, 0) is 81.6 Å². The molecule has 0 radical (unpaired) electrons. The topological polar surface area (TPSA) is 32.3 Å². The number of nitrogens with zero attached hydrogens (tertiary/aromatic N) is 1. The summed E-state index contributed by atoms with van der Waals surface area (Å²) >= 11 is 0. The molecule has 0 aromatic heterocycles. The van der Waals surface area contributed by atoms with Crippen LogP contribution >= 0.6 is 0 Å². The van der Waals surface area contributed by atoms with E-state index in [2.05, 4.69) is 17.1 Å². The molecule has 1 atom stereocenters. The summed E-state index contributed by atoms with van der Waals surface area (Å²) in [6.45, 7) is 5.15. The second-order valence-corrected chi connectivity index (χ2v) is 8.73. The minimum atomic E-state index is 0.188. The van der Waals surface area contributed by atoms with Gasteiger partial charge in [-0.2, -0.15) is 0 Å². The normalized spacial score (nSPS) is 45.8. The zero-order valence-electron chi connectivity index (χ0n) is 13.4. The Labute approximate surface area is 128 Å². The van der Waals surface area contributed by atoms with E-state index in [1.807, 2.05) is 0 Å². The molecule has 0 aromatic carbocycles. The third-order valence-corrected chi connectivity index (χ3v) is 6.55. The molecule has 1 saturated heterocycles. The van der Waals surface area contributed by atoms with Crippen molar-refractivity contribution < 1.29 is 4.79 Å². The Morgan fingerprint density at radius 3 is 2.33 bits per heavy atom. The lowest BCUT2D eigenvalue weighted by molar-refractivity contribution is -0.128. The van der Waals surface area contributed by atoms with Crippen molar-refractivity contribution in [1.29, 1.82) is 0 Å². The number of nitrogens with one attached hydrogen (secondary N) is 1. The molecule has 1 unspecified atom stereocenters. The first-order chi connectivity index (χ1) is 10.1. The van der Waals surface area contributed by atoms with Crippen molar-refractivity contribution in [2.45, 2.75) is 63.8 Å². The average Bonchev–Trinajstić information content (AvgIpc) is 2.35. The van der Waals surface area contributed by atoms with E-state index in [9.17, 15) is 4.79 Å². The lowest BCUT2D eigenvalue weighted by atomic mass is 9.53. The van der Waals surface area contributed by atoms with Gasteiger partial charge in [0, 0.05) is 12.1 Å². The van der Waals surface area contributed by atoms with E-state index in [0.29, 0.717) is 12.5 Å². The van der Waals surface area contributed by atoms with Crippen molar-refractivity contribution in [3.05, 3.63) is 0 Å². The Balaban J connectivity index is 1.36. The molecule has 1 aliphatic heterocycles. The first-order valence-electron chi connectivity index (χ1n) is 9.14. The summed E-state index contributed by atoms with van der Waals surface area (Å²) in [6, 6.07) is 0. The Morgan fingerprint density at radius 1 is 1.14 bits per heavy atom. The quantitative estimate of drug-likeness (QED) is 0.867. The van der Waals surface area contributed by atoms with Gasteiger partial charge in [0.05, 0.1) is 6.54 Å². The van der Waals surface area contributed by atoms with Crippen LogP contribution in [0.3, 0.4) is 0 Å². The zero-order chi connectivity index (χ0) is 14.4. The number of piperidine rings is 1. The van der Waals surface area contributed by atoms with Crippen molar-refractivity contribution in [2.75, 3.05) is 19.6 Å². The van der Waals surface area contributed by atoms with Gasteiger partial charge in [-0.3, -0.25) is 9.69 Å². The number of hydrogen-bond acceptors (Lipinski definition) is 2. The zero-order valence-corrected chi connectivity index (χ0v) is 13.4. The Morgan fingerprint density at radius 2 is 1.76 bits per heavy atom. The smallest absolute Gasteiger partial charge is 0.234 e. The molecule has 118 valence electrons. The molecule has 4 bridgehead atoms. The van der Waals surface area contributed by atoms with Crippen molar-refractivity contribution >= 4 is 5.91 Å². The van der Waals surface area contributed by atoms with E-state index >= 15 is 0 Å². The SMILES string of the molecule is CC1CCCN(CC(=O)NC23CC4CC(CC(C4)C2)C3)C1. The molecule has 1 amide bonds. The van der Waals surface area contributed by atoms with Gasteiger partial charge in [-0.25, -0.2) is 0 Å². The van der Waals surface area contributed by atoms with Gasteiger partial charge in [0.1, 0.15) is 0 Å². The highest BCUT2D eigenvalue weighted by Gasteiger charge is 2.51. The molecule has 3 nitrogen and oxygen atoms in total. The Hall–Kier alpha value is -0.570. The van der Waals surface area contributed by atoms with Crippen molar-refractivity contribution in [1.82, 2.24) is 10.2 Å². The molecule has 1 heterocycles. The molecule has 1 N–H and O–H groups in total. The van der Waals surface area contributed by atoms with Crippen LogP contribution < -0.4 is 5.32 Å². The van der Waals surface area contributed by atoms with Crippen LogP contribution in [0.5, 0.6) is 0 Å². The van der Waals surface area contributed by atoms with Gasteiger partial charge in [0.25, 0.3) is 0 Å². The fourth-order valence-electron chi connectivity index (χ4n) is 6.23. The largest absolute Gasteiger partial charge is 0.350 e. The molecule has 4 aliphatic carbocycles. The monoisotopic (exact) mass is 290 g/mol. The molecule has 5 aliphatic rings. The van der Waals surface area contributed by atoms with Crippen molar-refractivity contribution in [3.63, 3.8) is 0 Å². The van der Waals surface area contributed by atoms with Gasteiger partial charge >= 0.3 is 0 Å². The van der Waals surface area contributed by atoms with Crippen LogP contribution in [-0.2, 0) is 4.79 Å². The first kappa shape index (κ1) is 14.0. The second-order valence-electron chi connectivity index (χ2n) is 8.73. The van der Waals surface area contributed by atoms with E-state index in [0.717, 1.165) is 36.8 Å². The highest BCUT2D eigenvalue weighted by atomic mass is 16.2. The maximum absolute atomic E-state index is 12.5. The standard InChI is InChI=1S/C18H30N2O/c1-13-3-2-4-20(11-13)12-17(21)19-18-8-14-5-15(9-18)7-16(6-14)10-18/h13-16H,2-12H2,1H3,(H,19,21). The first-order valence-corrected chi connectivity index (χ1v) is 9.14. The maximum atomic E-state index is 12.5. The number of amides is 1. The molecular formula is C18H30N2O. The number of carbonyl (C=O) groups excluding carboxylic acids is 1. The fraction of sp³-hybridized carbons (Fsp3) is 0.944. The predicted molar refractivity (Wildman–Crippen MR) is 83.9 cm³/mol. The van der Waals surface area contributed by atoms with Crippen LogP contribution in [0.25, 0.3) is 0 Å². The highest BCUT2D eigenvalue weighted by molar-refractivity contribution is 5.79. The van der Waals surface area contributed by atoms with E-state index in [-0.39, 0.29) is 5.54 Å². The summed E-state index contributed by atoms with van der Waals surface area (Å²) in [5.41, 5.74) is 0.188. The highest BCUT2D eigenvalue weighted by Crippen LogP contribution is 2.55. The van der Waals surface area contributed by atoms with Gasteiger partial charge in [-0.15, -0.1) is 0 Å². The second kappa shape index (κ2) is 5.26. The Kier molecular flexibility index (Phi) is 3.52. The van der Waals surface area contributed by atoms with Crippen molar-refractivity contribution in [3.8, 4) is 0 Å². The molecule has 4 saturated carbocycles. The lowest BCUT2D eigenvalue weighted by Crippen LogP contribution is -2.61. The fourth-order valence-corrected chi connectivity index (χ4v) is 6.23. The summed E-state index contributed by atoms with van der Waals surface area (Å²) in [5.74, 6) is 3.78. The van der Waals surface area contributed by atoms with Gasteiger partial charge in [-0.1, -0.05) is 6.92 Å². The van der Waals surface area contributed by atoms with E-state index in [1.165, 1.54) is 51.4 Å². The van der Waals surface area contributed by atoms with Crippen molar-refractivity contribution in [2.24, 2.45) is 23.7 Å². The summed E-state index contributed by atoms with van der Waals surface area (Å²) in [5, 5.41) is 3.51. The van der Waals surface area contributed by atoms with Crippen LogP contribution in [0.1, 0.15) is 58.3 Å². The van der Waals surface area contributed by atoms with E-state index in [4.69, 9.17) is 0 Å². The van der Waals surface area contributed by atoms with Gasteiger partial charge in [0.15, 0.2) is 0 Å². The molecular weight excluding hydrogens is 260 g/mol. The van der Waals surface area contributed by atoms with Crippen LogP contribution in [0, 0.1) is 23.7 Å². The van der Waals surface area contributed by atoms with Crippen LogP contribution in [0.2, 0.25) is 0 Å².